The summed E-state index contributed by atoms with van der Waals surface area (Å²) in [5.41, 5.74) is 16.1. The number of benzene rings is 3. The fourth-order valence-corrected chi connectivity index (χ4v) is 5.95. The molecule has 3 aromatic rings. The highest BCUT2D eigenvalue weighted by molar-refractivity contribution is 5.65. The van der Waals surface area contributed by atoms with Gasteiger partial charge in [-0.15, -0.1) is 0 Å². The zero-order chi connectivity index (χ0) is 23.2. The molecular weight excluding hydrogens is 384 g/mol. The van der Waals surface area contributed by atoms with Crippen molar-refractivity contribution in [1.82, 2.24) is 0 Å². The Hall–Kier alpha value is -2.86. The van der Waals surface area contributed by atoms with Crippen molar-refractivity contribution in [2.75, 3.05) is 0 Å². The van der Waals surface area contributed by atoms with Crippen molar-refractivity contribution in [2.45, 2.75) is 67.2 Å². The molecule has 0 unspecified atom stereocenters. The first-order chi connectivity index (χ1) is 15.1. The second kappa shape index (κ2) is 8.24. The number of allylic oxidation sites excluding steroid dienone is 4. The summed E-state index contributed by atoms with van der Waals surface area (Å²) in [5, 5.41) is 0. The van der Waals surface area contributed by atoms with E-state index in [1.807, 2.05) is 0 Å². The van der Waals surface area contributed by atoms with Crippen LogP contribution in [0, 0.1) is 41.5 Å². The molecule has 0 saturated heterocycles. The van der Waals surface area contributed by atoms with Crippen LogP contribution in [-0.2, 0) is 5.41 Å². The summed E-state index contributed by atoms with van der Waals surface area (Å²) in [6, 6.07) is 21.3. The van der Waals surface area contributed by atoms with Gasteiger partial charge in [0.25, 0.3) is 0 Å². The van der Waals surface area contributed by atoms with Crippen LogP contribution >= 0.6 is 0 Å². The lowest BCUT2D eigenvalue weighted by atomic mass is 9.62. The Bertz CT molecular complexity index is 1080. The molecule has 32 heavy (non-hydrogen) atoms. The van der Waals surface area contributed by atoms with E-state index in [4.69, 9.17) is 0 Å². The summed E-state index contributed by atoms with van der Waals surface area (Å²) in [4.78, 5) is 0. The molecule has 3 aromatic carbocycles. The molecule has 0 saturated carbocycles. The van der Waals surface area contributed by atoms with Gasteiger partial charge < -0.3 is 0 Å². The first-order valence-corrected chi connectivity index (χ1v) is 11.7. The highest BCUT2D eigenvalue weighted by Crippen LogP contribution is 2.51. The van der Waals surface area contributed by atoms with Gasteiger partial charge >= 0.3 is 0 Å². The smallest absolute Gasteiger partial charge is 0.0670 e. The van der Waals surface area contributed by atoms with E-state index in [1.54, 1.807) is 0 Å². The van der Waals surface area contributed by atoms with Crippen LogP contribution in [0.2, 0.25) is 0 Å². The van der Waals surface area contributed by atoms with Crippen molar-refractivity contribution >= 4 is 0 Å². The number of hydrogen-bond donors (Lipinski definition) is 0. The normalized spacial score (nSPS) is 14.2. The molecule has 0 N–H and O–H groups in total. The Morgan fingerprint density at radius 3 is 1.03 bits per heavy atom. The van der Waals surface area contributed by atoms with Crippen molar-refractivity contribution in [3.05, 3.63) is 127 Å². The molecule has 0 fully saturated rings. The molecule has 0 radical (unpaired) electrons. The summed E-state index contributed by atoms with van der Waals surface area (Å²) < 4.78 is 0. The van der Waals surface area contributed by atoms with E-state index in [9.17, 15) is 0 Å². The lowest BCUT2D eigenvalue weighted by Gasteiger charge is -2.40. The first-order valence-electron chi connectivity index (χ1n) is 11.7. The Balaban J connectivity index is 2.22. The van der Waals surface area contributed by atoms with Gasteiger partial charge in [0, 0.05) is 0 Å². The zero-order valence-corrected chi connectivity index (χ0v) is 21.0. The number of rotatable bonds is 4. The minimum absolute atomic E-state index is 0.317. The fraction of sp³-hybridized carbons (Fsp3) is 0.312. The number of hydrogen-bond acceptors (Lipinski definition) is 0. The highest BCUT2D eigenvalue weighted by Gasteiger charge is 2.42. The summed E-state index contributed by atoms with van der Waals surface area (Å²) in [6.07, 6.45) is 3.40. The third kappa shape index (κ3) is 3.88. The minimum Gasteiger partial charge on any atom is -0.0689 e. The van der Waals surface area contributed by atoms with Crippen LogP contribution in [0.3, 0.4) is 0 Å². The topological polar surface area (TPSA) is 0 Å². The quantitative estimate of drug-likeness (QED) is 0.371. The highest BCUT2D eigenvalue weighted by atomic mass is 14.4. The maximum atomic E-state index is 2.41. The van der Waals surface area contributed by atoms with Gasteiger partial charge in [0.2, 0.25) is 0 Å². The SMILES string of the molecule is CC1=CC(C)=C(C(c2cc(C)cc(C)c2)(c2cc(C)cc(C)c2)c2cc(C)cc(C)c2)C1. The minimum atomic E-state index is -0.317. The maximum Gasteiger partial charge on any atom is 0.0670 e. The largest absolute Gasteiger partial charge is 0.0689 e. The van der Waals surface area contributed by atoms with Gasteiger partial charge in [-0.1, -0.05) is 105 Å². The summed E-state index contributed by atoms with van der Waals surface area (Å²) in [7, 11) is 0. The molecule has 0 amide bonds. The molecule has 164 valence electrons. The molecule has 0 atom stereocenters. The molecule has 1 aliphatic carbocycles. The van der Waals surface area contributed by atoms with Gasteiger partial charge in [0.05, 0.1) is 5.41 Å². The molecule has 0 aromatic heterocycles. The average molecular weight is 421 g/mol. The summed E-state index contributed by atoms with van der Waals surface area (Å²) in [5.74, 6) is 0. The lowest BCUT2D eigenvalue weighted by Crippen LogP contribution is -2.33. The van der Waals surface area contributed by atoms with Crippen LogP contribution in [0.15, 0.2) is 77.4 Å². The first kappa shape index (κ1) is 22.3. The van der Waals surface area contributed by atoms with Crippen molar-refractivity contribution < 1.29 is 0 Å². The van der Waals surface area contributed by atoms with Crippen LogP contribution in [0.1, 0.15) is 70.3 Å². The van der Waals surface area contributed by atoms with E-state index in [0.29, 0.717) is 0 Å². The molecule has 1 aliphatic rings. The third-order valence-corrected chi connectivity index (χ3v) is 6.81. The van der Waals surface area contributed by atoms with Crippen molar-refractivity contribution in [3.8, 4) is 0 Å². The summed E-state index contributed by atoms with van der Waals surface area (Å²) in [6.45, 7) is 17.9. The van der Waals surface area contributed by atoms with Crippen molar-refractivity contribution in [1.29, 1.82) is 0 Å². The van der Waals surface area contributed by atoms with Crippen molar-refractivity contribution in [3.63, 3.8) is 0 Å². The Labute approximate surface area is 194 Å². The van der Waals surface area contributed by atoms with E-state index in [1.165, 1.54) is 66.8 Å². The van der Waals surface area contributed by atoms with Crippen LogP contribution < -0.4 is 0 Å². The summed E-state index contributed by atoms with van der Waals surface area (Å²) >= 11 is 0. The monoisotopic (exact) mass is 420 g/mol. The standard InChI is InChI=1S/C32H36/c1-20-9-21(2)14-28(13-20)32(31-19-26(7)12-27(31)8,29-15-22(3)10-23(4)16-29)30-17-24(5)11-25(6)18-30/h9-18H,19H2,1-8H3. The molecule has 0 heteroatoms. The van der Waals surface area contributed by atoms with Gasteiger partial charge in [0.1, 0.15) is 0 Å². The molecule has 0 aliphatic heterocycles. The Morgan fingerprint density at radius 2 is 0.781 bits per heavy atom. The average Bonchev–Trinajstić information content (AvgIpc) is 2.98. The predicted molar refractivity (Wildman–Crippen MR) is 139 cm³/mol. The molecular formula is C32H36. The third-order valence-electron chi connectivity index (χ3n) is 6.81. The van der Waals surface area contributed by atoms with Crippen LogP contribution in [0.4, 0.5) is 0 Å². The number of aryl methyl sites for hydroxylation is 6. The molecule has 0 nitrogen and oxygen atoms in total. The van der Waals surface area contributed by atoms with E-state index in [0.717, 1.165) is 6.42 Å². The second-order valence-corrected chi connectivity index (χ2v) is 10.2. The van der Waals surface area contributed by atoms with Gasteiger partial charge in [-0.05, 0) is 84.1 Å². The van der Waals surface area contributed by atoms with Crippen LogP contribution in [-0.4, -0.2) is 0 Å². The van der Waals surface area contributed by atoms with E-state index >= 15 is 0 Å². The van der Waals surface area contributed by atoms with E-state index in [-0.39, 0.29) is 5.41 Å². The lowest BCUT2D eigenvalue weighted by molar-refractivity contribution is 0.695. The predicted octanol–water partition coefficient (Wildman–Crippen LogP) is 8.54. The molecule has 0 spiro atoms. The van der Waals surface area contributed by atoms with Gasteiger partial charge in [-0.2, -0.15) is 0 Å². The van der Waals surface area contributed by atoms with Crippen LogP contribution in [0.25, 0.3) is 0 Å². The van der Waals surface area contributed by atoms with Crippen LogP contribution in [0.5, 0.6) is 0 Å². The van der Waals surface area contributed by atoms with Gasteiger partial charge in [-0.25, -0.2) is 0 Å². The maximum absolute atomic E-state index is 2.41. The molecule has 4 rings (SSSR count). The van der Waals surface area contributed by atoms with Crippen molar-refractivity contribution in [2.24, 2.45) is 0 Å². The zero-order valence-electron chi connectivity index (χ0n) is 21.0. The molecule has 0 bridgehead atoms. The van der Waals surface area contributed by atoms with E-state index < -0.39 is 0 Å². The van der Waals surface area contributed by atoms with Gasteiger partial charge in [0.15, 0.2) is 0 Å². The Morgan fingerprint density at radius 1 is 0.469 bits per heavy atom. The van der Waals surface area contributed by atoms with E-state index in [2.05, 4.69) is 116 Å². The molecule has 0 heterocycles. The second-order valence-electron chi connectivity index (χ2n) is 10.2. The Kier molecular flexibility index (Phi) is 5.76. The van der Waals surface area contributed by atoms with Gasteiger partial charge in [-0.3, -0.25) is 0 Å². The fourth-order valence-electron chi connectivity index (χ4n) is 5.95.